The van der Waals surface area contributed by atoms with Crippen molar-refractivity contribution in [3.05, 3.63) is 22.8 Å². The lowest BCUT2D eigenvalue weighted by Gasteiger charge is -2.28. The maximum Gasteiger partial charge on any atom is 0.336 e. The minimum absolute atomic E-state index is 0.0515. The fraction of sp³-hybridized carbons (Fsp3) is 0.471. The van der Waals surface area contributed by atoms with E-state index >= 15 is 0 Å². The quantitative estimate of drug-likeness (QED) is 0.837. The van der Waals surface area contributed by atoms with E-state index < -0.39 is 0 Å². The average Bonchev–Trinajstić information content (AvgIpc) is 2.52. The van der Waals surface area contributed by atoms with Crippen LogP contribution in [-0.2, 0) is 16.0 Å². The Morgan fingerprint density at radius 3 is 2.39 bits per heavy atom. The molecule has 0 saturated carbocycles. The maximum atomic E-state index is 12.2. The molecule has 1 atom stereocenters. The fourth-order valence-electron chi connectivity index (χ4n) is 3.02. The second kappa shape index (κ2) is 6.81. The number of hydrogen-bond donors (Lipinski definition) is 1. The number of nitrogens with two attached hydrogens (primary N) is 1. The zero-order valence-corrected chi connectivity index (χ0v) is 14.2. The topological polar surface area (TPSA) is 80.0 Å². The Balaban J connectivity index is 2.72. The summed E-state index contributed by atoms with van der Waals surface area (Å²) in [5, 5.41) is 0. The van der Waals surface area contributed by atoms with E-state index in [0.29, 0.717) is 47.1 Å². The number of carbonyl (C=O) groups is 1. The van der Waals surface area contributed by atoms with Gasteiger partial charge in [-0.25, -0.2) is 4.79 Å². The summed E-state index contributed by atoms with van der Waals surface area (Å²) in [5.74, 6) is 1.05. The van der Waals surface area contributed by atoms with Crippen molar-refractivity contribution in [1.82, 2.24) is 0 Å². The number of ether oxygens (including phenoxy) is 4. The van der Waals surface area contributed by atoms with Gasteiger partial charge in [-0.15, -0.1) is 0 Å². The molecular formula is C17H23NO5. The van der Waals surface area contributed by atoms with E-state index in [2.05, 4.69) is 0 Å². The van der Waals surface area contributed by atoms with E-state index in [1.54, 1.807) is 14.0 Å². The lowest BCUT2D eigenvalue weighted by Crippen LogP contribution is -2.25. The van der Waals surface area contributed by atoms with Crippen LogP contribution in [0.2, 0.25) is 0 Å². The molecule has 0 fully saturated rings. The molecule has 1 aromatic carbocycles. The Hall–Kier alpha value is -2.37. The zero-order valence-electron chi connectivity index (χ0n) is 14.2. The maximum absolute atomic E-state index is 12.2. The van der Waals surface area contributed by atoms with Crippen molar-refractivity contribution in [1.29, 1.82) is 0 Å². The van der Waals surface area contributed by atoms with Crippen molar-refractivity contribution >= 4 is 11.7 Å². The van der Waals surface area contributed by atoms with Gasteiger partial charge in [0, 0.05) is 5.56 Å². The summed E-state index contributed by atoms with van der Waals surface area (Å²) in [6.07, 6.45) is 0.640. The van der Waals surface area contributed by atoms with Crippen molar-refractivity contribution < 1.29 is 23.7 Å². The van der Waals surface area contributed by atoms with E-state index in [-0.39, 0.29) is 11.9 Å². The van der Waals surface area contributed by atoms with E-state index in [1.165, 1.54) is 14.2 Å². The molecule has 1 aromatic rings. The van der Waals surface area contributed by atoms with Crippen molar-refractivity contribution in [3.8, 4) is 17.2 Å². The first-order valence-corrected chi connectivity index (χ1v) is 7.49. The van der Waals surface area contributed by atoms with Crippen LogP contribution in [0.3, 0.4) is 0 Å². The van der Waals surface area contributed by atoms with Crippen molar-refractivity contribution in [3.63, 3.8) is 0 Å². The Morgan fingerprint density at radius 1 is 1.22 bits per heavy atom. The first-order chi connectivity index (χ1) is 11.0. The summed E-state index contributed by atoms with van der Waals surface area (Å²) < 4.78 is 21.4. The number of fused-ring (bicyclic) bond motifs is 1. The minimum Gasteiger partial charge on any atom is -0.493 e. The molecule has 6 nitrogen and oxygen atoms in total. The summed E-state index contributed by atoms with van der Waals surface area (Å²) in [7, 11) is 4.64. The number of carbonyl (C=O) groups excluding carboxylic acids is 1. The van der Waals surface area contributed by atoms with Crippen LogP contribution in [0.5, 0.6) is 17.2 Å². The van der Waals surface area contributed by atoms with Gasteiger partial charge in [0.2, 0.25) is 5.75 Å². The molecule has 0 bridgehead atoms. The zero-order chi connectivity index (χ0) is 17.1. The highest BCUT2D eigenvalue weighted by Crippen LogP contribution is 2.47. The highest BCUT2D eigenvalue weighted by molar-refractivity contribution is 6.00. The molecule has 0 heterocycles. The van der Waals surface area contributed by atoms with Gasteiger partial charge in [-0.05, 0) is 30.9 Å². The average molecular weight is 321 g/mol. The second-order valence-electron chi connectivity index (χ2n) is 5.33. The molecule has 0 aliphatic heterocycles. The molecule has 0 saturated heterocycles. The Bertz CT molecular complexity index is 651. The van der Waals surface area contributed by atoms with Gasteiger partial charge < -0.3 is 24.7 Å². The van der Waals surface area contributed by atoms with Gasteiger partial charge in [0.05, 0.1) is 39.2 Å². The standard InChI is InChI=1S/C17H23NO5/c1-6-23-17(19)12-9(2)7-10-8-11(20-3)15(21-4)16(22-5)13(10)14(12)18/h8-9H,6-7,18H2,1-5H3. The molecule has 0 aromatic heterocycles. The van der Waals surface area contributed by atoms with Gasteiger partial charge in [0.25, 0.3) is 0 Å². The summed E-state index contributed by atoms with van der Waals surface area (Å²) in [5.41, 5.74) is 8.78. The van der Waals surface area contributed by atoms with Crippen LogP contribution in [0.25, 0.3) is 5.70 Å². The molecule has 1 aliphatic carbocycles. The van der Waals surface area contributed by atoms with Gasteiger partial charge in [-0.1, -0.05) is 6.92 Å². The lowest BCUT2D eigenvalue weighted by molar-refractivity contribution is -0.139. The van der Waals surface area contributed by atoms with Gasteiger partial charge in [-0.3, -0.25) is 0 Å². The van der Waals surface area contributed by atoms with Crippen LogP contribution in [0, 0.1) is 5.92 Å². The van der Waals surface area contributed by atoms with Gasteiger partial charge in [0.1, 0.15) is 0 Å². The van der Waals surface area contributed by atoms with Crippen LogP contribution < -0.4 is 19.9 Å². The number of rotatable bonds is 5. The van der Waals surface area contributed by atoms with Crippen LogP contribution in [-0.4, -0.2) is 33.9 Å². The first-order valence-electron chi connectivity index (χ1n) is 7.49. The SMILES string of the molecule is CCOC(=O)C1=C(N)c2c(cc(OC)c(OC)c2OC)CC1C. The fourth-order valence-corrected chi connectivity index (χ4v) is 3.02. The molecule has 0 radical (unpaired) electrons. The van der Waals surface area contributed by atoms with Gasteiger partial charge in [-0.2, -0.15) is 0 Å². The van der Waals surface area contributed by atoms with Crippen LogP contribution in [0.15, 0.2) is 11.6 Å². The molecule has 6 heteroatoms. The number of hydrogen-bond acceptors (Lipinski definition) is 6. The Kier molecular flexibility index (Phi) is 5.03. The largest absolute Gasteiger partial charge is 0.493 e. The van der Waals surface area contributed by atoms with E-state index in [1.807, 2.05) is 13.0 Å². The van der Waals surface area contributed by atoms with E-state index in [9.17, 15) is 4.79 Å². The third-order valence-electron chi connectivity index (χ3n) is 3.99. The van der Waals surface area contributed by atoms with Crippen molar-refractivity contribution in [2.24, 2.45) is 11.7 Å². The molecular weight excluding hydrogens is 298 g/mol. The smallest absolute Gasteiger partial charge is 0.336 e. The molecule has 0 amide bonds. The van der Waals surface area contributed by atoms with E-state index in [0.717, 1.165) is 5.56 Å². The Labute approximate surface area is 136 Å². The summed E-state index contributed by atoms with van der Waals surface area (Å²) in [6.45, 7) is 4.02. The highest BCUT2D eigenvalue weighted by atomic mass is 16.5. The summed E-state index contributed by atoms with van der Waals surface area (Å²) in [6, 6.07) is 1.88. The molecule has 23 heavy (non-hydrogen) atoms. The predicted molar refractivity (Wildman–Crippen MR) is 86.7 cm³/mol. The number of esters is 1. The number of methoxy groups -OCH3 is 3. The normalized spacial score (nSPS) is 16.7. The summed E-state index contributed by atoms with van der Waals surface area (Å²) in [4.78, 5) is 12.2. The van der Waals surface area contributed by atoms with E-state index in [4.69, 9.17) is 24.7 Å². The minimum atomic E-state index is -0.389. The second-order valence-corrected chi connectivity index (χ2v) is 5.33. The van der Waals surface area contributed by atoms with Crippen LogP contribution in [0.4, 0.5) is 0 Å². The molecule has 0 spiro atoms. The monoisotopic (exact) mass is 321 g/mol. The molecule has 1 unspecified atom stereocenters. The van der Waals surface area contributed by atoms with Gasteiger partial charge >= 0.3 is 5.97 Å². The first kappa shape index (κ1) is 17.0. The van der Waals surface area contributed by atoms with Crippen LogP contribution in [0.1, 0.15) is 25.0 Å². The number of benzene rings is 1. The molecule has 1 aliphatic rings. The Morgan fingerprint density at radius 2 is 1.87 bits per heavy atom. The molecule has 2 N–H and O–H groups in total. The highest BCUT2D eigenvalue weighted by Gasteiger charge is 2.33. The molecule has 2 rings (SSSR count). The summed E-state index contributed by atoms with van der Waals surface area (Å²) >= 11 is 0. The third kappa shape index (κ3) is 2.81. The van der Waals surface area contributed by atoms with Crippen molar-refractivity contribution in [2.75, 3.05) is 27.9 Å². The predicted octanol–water partition coefficient (Wildman–Crippen LogP) is 2.14. The lowest BCUT2D eigenvalue weighted by atomic mass is 9.81. The van der Waals surface area contributed by atoms with Gasteiger partial charge in [0.15, 0.2) is 11.5 Å². The van der Waals surface area contributed by atoms with Crippen molar-refractivity contribution in [2.45, 2.75) is 20.3 Å². The third-order valence-corrected chi connectivity index (χ3v) is 3.99. The van der Waals surface area contributed by atoms with Crippen LogP contribution >= 0.6 is 0 Å². The molecule has 126 valence electrons.